The van der Waals surface area contributed by atoms with Crippen molar-refractivity contribution in [1.29, 1.82) is 0 Å². The van der Waals surface area contributed by atoms with Crippen molar-refractivity contribution >= 4 is 55.3 Å². The third-order valence-electron chi connectivity index (χ3n) is 2.56. The summed E-state index contributed by atoms with van der Waals surface area (Å²) < 4.78 is 3.34. The van der Waals surface area contributed by atoms with Crippen LogP contribution in [-0.2, 0) is 19.5 Å². The Morgan fingerprint density at radius 1 is 0.950 bits per heavy atom. The molecule has 2 heterocycles. The van der Waals surface area contributed by atoms with Gasteiger partial charge in [0.2, 0.25) is 0 Å². The number of rotatable bonds is 0. The van der Waals surface area contributed by atoms with Crippen LogP contribution >= 0.6 is 34.9 Å². The number of benzene rings is 2. The molecule has 4 rings (SSSR count). The second-order valence-electron chi connectivity index (χ2n) is 3.83. The summed E-state index contributed by atoms with van der Waals surface area (Å²) in [6.45, 7) is 0. The number of para-hydroxylation sites is 2. The average molecular weight is 368 g/mol. The molecule has 1 N–H and O–H groups in total. The molecule has 2 aromatic carbocycles. The predicted octanol–water partition coefficient (Wildman–Crippen LogP) is 5.25. The van der Waals surface area contributed by atoms with Gasteiger partial charge < -0.3 is 4.98 Å². The van der Waals surface area contributed by atoms with Gasteiger partial charge in [-0.1, -0.05) is 24.3 Å². The number of fused-ring (bicyclic) bond motifs is 2. The van der Waals surface area contributed by atoms with Crippen molar-refractivity contribution in [3.63, 3.8) is 0 Å². The zero-order valence-corrected chi connectivity index (χ0v) is 16.0. The van der Waals surface area contributed by atoms with Crippen LogP contribution in [0.3, 0.4) is 0 Å². The topological polar surface area (TPSA) is 28.7 Å². The van der Waals surface area contributed by atoms with Crippen molar-refractivity contribution in [1.82, 2.24) is 9.97 Å². The molecule has 2 nitrogen and oxygen atoms in total. The van der Waals surface area contributed by atoms with Crippen LogP contribution in [0.4, 0.5) is 0 Å². The Morgan fingerprint density at radius 2 is 1.65 bits per heavy atom. The molecular weight excluding hydrogens is 358 g/mol. The molecule has 0 atom stereocenters. The van der Waals surface area contributed by atoms with E-state index >= 15 is 0 Å². The monoisotopic (exact) mass is 366 g/mol. The minimum absolute atomic E-state index is 0. The van der Waals surface area contributed by atoms with Crippen molar-refractivity contribution in [2.75, 3.05) is 0 Å². The second-order valence-corrected chi connectivity index (χ2v) is 6.44. The van der Waals surface area contributed by atoms with Crippen molar-refractivity contribution in [3.05, 3.63) is 58.0 Å². The quantitative estimate of drug-likeness (QED) is 0.339. The number of aromatic amines is 1. The number of H-pyrrole nitrogens is 1. The van der Waals surface area contributed by atoms with E-state index in [4.69, 9.17) is 12.2 Å². The van der Waals surface area contributed by atoms with E-state index in [9.17, 15) is 0 Å². The molecule has 0 aliphatic carbocycles. The minimum Gasteiger partial charge on any atom is -0.337 e. The average Bonchev–Trinajstić information content (AvgIpc) is 3.03. The van der Waals surface area contributed by atoms with Crippen LogP contribution in [-0.4, -0.2) is 9.97 Å². The summed E-state index contributed by atoms with van der Waals surface area (Å²) in [5.41, 5.74) is 4.10. The molecule has 0 radical (unpaired) electrons. The molecule has 0 amide bonds. The maximum atomic E-state index is 4.98. The van der Waals surface area contributed by atoms with Gasteiger partial charge in [-0.15, -0.1) is 22.7 Å². The van der Waals surface area contributed by atoms with Gasteiger partial charge in [0, 0.05) is 19.5 Å². The smallest absolute Gasteiger partial charge is 0.159 e. The van der Waals surface area contributed by atoms with Gasteiger partial charge in [-0.2, -0.15) is 0 Å². The van der Waals surface area contributed by atoms with Crippen LogP contribution in [0.15, 0.2) is 54.0 Å². The molecular formula is C14H10N2S3Zn. The Labute approximate surface area is 142 Å². The standard InChI is InChI=1S/C7H5NS2.C7H5NS.Zn/c9-7-8-5-3-1-2-4-6(5)10-7;1-2-4-7-6(3-1)8-5-9-7;/h1-4H,(H,8,9);1-5H;. The fraction of sp³-hybridized carbons (Fsp3) is 0. The SMILES string of the molecule is S=c1[nH]c2ccccc2s1.[Zn].c1ccc2scnc2c1. The summed E-state index contributed by atoms with van der Waals surface area (Å²) in [6.07, 6.45) is 0. The number of thiazole rings is 2. The Balaban J connectivity index is 0.000000141. The molecule has 0 spiro atoms. The first kappa shape index (κ1) is 15.5. The van der Waals surface area contributed by atoms with E-state index < -0.39 is 0 Å². The van der Waals surface area contributed by atoms with Crippen LogP contribution < -0.4 is 0 Å². The molecule has 0 bridgehead atoms. The number of hydrogen-bond donors (Lipinski definition) is 1. The Kier molecular flexibility index (Phi) is 5.55. The first-order chi connectivity index (χ1) is 9.33. The minimum atomic E-state index is 0. The third-order valence-corrected chi connectivity index (χ3v) is 4.59. The number of aromatic nitrogens is 2. The molecule has 0 unspecified atom stereocenters. The fourth-order valence-corrected chi connectivity index (χ4v) is 3.49. The summed E-state index contributed by atoms with van der Waals surface area (Å²) in [5.74, 6) is 0. The number of nitrogens with zero attached hydrogens (tertiary/aromatic N) is 1. The normalized spacial score (nSPS) is 9.80. The van der Waals surface area contributed by atoms with Crippen molar-refractivity contribution in [2.45, 2.75) is 0 Å². The summed E-state index contributed by atoms with van der Waals surface area (Å²) in [4.78, 5) is 7.23. The van der Waals surface area contributed by atoms with E-state index in [-0.39, 0.29) is 19.5 Å². The summed E-state index contributed by atoms with van der Waals surface area (Å²) in [5, 5.41) is 0. The number of nitrogens with one attached hydrogen (secondary N) is 1. The maximum absolute atomic E-state index is 4.98. The molecule has 0 saturated heterocycles. The van der Waals surface area contributed by atoms with Crippen molar-refractivity contribution in [2.24, 2.45) is 0 Å². The first-order valence-corrected chi connectivity index (χ1v) is 7.79. The number of hydrogen-bond acceptors (Lipinski definition) is 4. The molecule has 2 aromatic heterocycles. The van der Waals surface area contributed by atoms with E-state index in [1.54, 1.807) is 22.7 Å². The van der Waals surface area contributed by atoms with Gasteiger partial charge in [0.05, 0.1) is 25.9 Å². The Bertz CT molecular complexity index is 797. The molecule has 0 saturated carbocycles. The molecule has 0 aliphatic heterocycles. The molecule has 0 aliphatic rings. The second kappa shape index (κ2) is 7.18. The van der Waals surface area contributed by atoms with Crippen molar-refractivity contribution in [3.8, 4) is 0 Å². The zero-order chi connectivity index (χ0) is 13.1. The fourth-order valence-electron chi connectivity index (χ4n) is 1.70. The van der Waals surface area contributed by atoms with Crippen LogP contribution in [0.1, 0.15) is 0 Å². The zero-order valence-electron chi connectivity index (χ0n) is 10.6. The summed E-state index contributed by atoms with van der Waals surface area (Å²) in [6, 6.07) is 16.2. The molecule has 4 aromatic rings. The van der Waals surface area contributed by atoms with Crippen LogP contribution in [0, 0.1) is 3.95 Å². The van der Waals surface area contributed by atoms with E-state index in [0.29, 0.717) is 0 Å². The summed E-state index contributed by atoms with van der Waals surface area (Å²) >= 11 is 8.26. The van der Waals surface area contributed by atoms with Gasteiger partial charge in [0.1, 0.15) is 0 Å². The largest absolute Gasteiger partial charge is 0.337 e. The van der Waals surface area contributed by atoms with E-state index in [0.717, 1.165) is 15.0 Å². The molecule has 96 valence electrons. The van der Waals surface area contributed by atoms with Crippen LogP contribution in [0.25, 0.3) is 20.4 Å². The molecule has 20 heavy (non-hydrogen) atoms. The van der Waals surface area contributed by atoms with E-state index in [2.05, 4.69) is 22.1 Å². The Morgan fingerprint density at radius 3 is 2.40 bits per heavy atom. The predicted molar refractivity (Wildman–Crippen MR) is 86.6 cm³/mol. The van der Waals surface area contributed by atoms with E-state index in [1.807, 2.05) is 41.9 Å². The van der Waals surface area contributed by atoms with E-state index in [1.165, 1.54) is 9.40 Å². The van der Waals surface area contributed by atoms with Gasteiger partial charge >= 0.3 is 0 Å². The van der Waals surface area contributed by atoms with Gasteiger partial charge in [0.15, 0.2) is 3.95 Å². The van der Waals surface area contributed by atoms with Crippen LogP contribution in [0.5, 0.6) is 0 Å². The Hall–Kier alpha value is -0.937. The first-order valence-electron chi connectivity index (χ1n) is 5.69. The van der Waals surface area contributed by atoms with Gasteiger partial charge in [0.25, 0.3) is 0 Å². The maximum Gasteiger partial charge on any atom is 0.159 e. The van der Waals surface area contributed by atoms with Crippen LogP contribution in [0.2, 0.25) is 0 Å². The van der Waals surface area contributed by atoms with Gasteiger partial charge in [-0.3, -0.25) is 0 Å². The van der Waals surface area contributed by atoms with Gasteiger partial charge in [-0.05, 0) is 36.5 Å². The van der Waals surface area contributed by atoms with Gasteiger partial charge in [-0.25, -0.2) is 4.98 Å². The molecule has 6 heteroatoms. The third kappa shape index (κ3) is 3.58. The molecule has 0 fully saturated rings. The summed E-state index contributed by atoms with van der Waals surface area (Å²) in [7, 11) is 0. The van der Waals surface area contributed by atoms with Crippen molar-refractivity contribution < 1.29 is 19.5 Å².